The Balaban J connectivity index is 2.16. The van der Waals surface area contributed by atoms with E-state index in [0.29, 0.717) is 0 Å². The van der Waals surface area contributed by atoms with Crippen LogP contribution in [-0.2, 0) is 17.9 Å². The van der Waals surface area contributed by atoms with Gasteiger partial charge in [0.15, 0.2) is 7.05 Å². The predicted molar refractivity (Wildman–Crippen MR) is 103 cm³/mol. The van der Waals surface area contributed by atoms with Crippen LogP contribution in [0.5, 0.6) is 0 Å². The van der Waals surface area contributed by atoms with Crippen LogP contribution in [0.4, 0.5) is 0 Å². The normalized spacial score (nSPS) is 17.0. The minimum atomic E-state index is 0.000226. The van der Waals surface area contributed by atoms with Crippen molar-refractivity contribution in [2.45, 2.75) is 45.4 Å². The average molecular weight is 331 g/mol. The summed E-state index contributed by atoms with van der Waals surface area (Å²) in [7, 11) is 2.15. The largest absolute Gasteiger partial charge is 0.203 e. The van der Waals surface area contributed by atoms with Crippen LogP contribution in [0.3, 0.4) is 0 Å². The van der Waals surface area contributed by atoms with Crippen LogP contribution in [0.15, 0.2) is 54.7 Å². The first-order valence-electron chi connectivity index (χ1n) is 9.05. The summed E-state index contributed by atoms with van der Waals surface area (Å²) in [5.74, 6) is 0. The fourth-order valence-corrected chi connectivity index (χ4v) is 4.35. The lowest BCUT2D eigenvalue weighted by atomic mass is 9.59. The molecule has 2 nitrogen and oxygen atoms in total. The fraction of sp³-hybridized carbons (Fsp3) is 0.348. The molecule has 2 heterocycles. The van der Waals surface area contributed by atoms with Crippen molar-refractivity contribution < 1.29 is 4.68 Å². The quantitative estimate of drug-likeness (QED) is 0.564. The molecule has 0 N–H and O–H groups in total. The number of aromatic nitrogens is 2. The average Bonchev–Trinajstić information content (AvgIpc) is 2.92. The number of fused-ring (bicyclic) bond motifs is 3. The number of aryl methyl sites for hydroxylation is 2. The lowest BCUT2D eigenvalue weighted by Gasteiger charge is -2.46. The zero-order chi connectivity index (χ0) is 18.0. The van der Waals surface area contributed by atoms with E-state index in [2.05, 4.69) is 106 Å². The summed E-state index contributed by atoms with van der Waals surface area (Å²) in [5.41, 5.74) is 8.14. The molecular formula is C23H27N2+. The summed E-state index contributed by atoms with van der Waals surface area (Å²) in [4.78, 5) is 0. The van der Waals surface area contributed by atoms with E-state index in [9.17, 15) is 0 Å². The van der Waals surface area contributed by atoms with Gasteiger partial charge in [-0.25, -0.2) is 0 Å². The van der Waals surface area contributed by atoms with Gasteiger partial charge in [-0.3, -0.25) is 0 Å². The molecule has 0 unspecified atom stereocenters. The van der Waals surface area contributed by atoms with Gasteiger partial charge >= 0.3 is 0 Å². The number of para-hydroxylation sites is 1. The number of hydrogen-bond donors (Lipinski definition) is 0. The Morgan fingerprint density at radius 2 is 1.52 bits per heavy atom. The minimum Gasteiger partial charge on any atom is -0.124 e. The van der Waals surface area contributed by atoms with E-state index >= 15 is 0 Å². The minimum absolute atomic E-state index is 0.000226. The first-order chi connectivity index (χ1) is 11.8. The van der Waals surface area contributed by atoms with Gasteiger partial charge in [-0.1, -0.05) is 76.2 Å². The van der Waals surface area contributed by atoms with E-state index in [0.717, 1.165) is 0 Å². The van der Waals surface area contributed by atoms with Crippen LogP contribution in [0.2, 0.25) is 0 Å². The Kier molecular flexibility index (Phi) is 3.28. The van der Waals surface area contributed by atoms with Gasteiger partial charge in [0, 0.05) is 10.8 Å². The molecule has 25 heavy (non-hydrogen) atoms. The Labute approximate surface area is 150 Å². The lowest BCUT2D eigenvalue weighted by Crippen LogP contribution is -2.51. The second kappa shape index (κ2) is 5.08. The van der Waals surface area contributed by atoms with Gasteiger partial charge in [-0.15, -0.1) is 9.36 Å². The molecule has 2 aromatic carbocycles. The third-order valence-corrected chi connectivity index (χ3v) is 6.46. The molecule has 0 radical (unpaired) electrons. The maximum atomic E-state index is 2.43. The molecular weight excluding hydrogens is 304 g/mol. The summed E-state index contributed by atoms with van der Waals surface area (Å²) in [6, 6.07) is 17.5. The standard InChI is InChI=1S/C23H27N2/c1-16-11-10-14-19-20(16)25-21(23(4,5)22(19,2)3)18(15-24(25)6)17-12-8-7-9-13-17/h7-15H,1-6H3/q+1. The van der Waals surface area contributed by atoms with Crippen LogP contribution < -0.4 is 4.68 Å². The topological polar surface area (TPSA) is 8.81 Å². The second-order valence-corrected chi connectivity index (χ2v) is 8.36. The van der Waals surface area contributed by atoms with Crippen molar-refractivity contribution >= 4 is 0 Å². The predicted octanol–water partition coefficient (Wildman–Crippen LogP) is 4.85. The Bertz CT molecular complexity index is 959. The van der Waals surface area contributed by atoms with Crippen LogP contribution in [-0.4, -0.2) is 4.68 Å². The third kappa shape index (κ3) is 2.00. The molecule has 0 saturated carbocycles. The Morgan fingerprint density at radius 1 is 0.840 bits per heavy atom. The zero-order valence-corrected chi connectivity index (χ0v) is 16.1. The summed E-state index contributed by atoms with van der Waals surface area (Å²) < 4.78 is 4.68. The first kappa shape index (κ1) is 16.1. The highest BCUT2D eigenvalue weighted by Gasteiger charge is 2.51. The molecule has 0 atom stereocenters. The highest BCUT2D eigenvalue weighted by molar-refractivity contribution is 5.70. The third-order valence-electron chi connectivity index (χ3n) is 6.46. The Morgan fingerprint density at radius 3 is 2.20 bits per heavy atom. The van der Waals surface area contributed by atoms with Gasteiger partial charge in [-0.05, 0) is 23.6 Å². The van der Waals surface area contributed by atoms with Crippen LogP contribution >= 0.6 is 0 Å². The van der Waals surface area contributed by atoms with Crippen LogP contribution in [0.1, 0.15) is 44.5 Å². The molecule has 4 rings (SSSR count). The van der Waals surface area contributed by atoms with Gasteiger partial charge in [0.25, 0.3) is 0 Å². The molecule has 128 valence electrons. The van der Waals surface area contributed by atoms with Crippen molar-refractivity contribution in [3.63, 3.8) is 0 Å². The van der Waals surface area contributed by atoms with E-state index in [-0.39, 0.29) is 10.8 Å². The molecule has 0 fully saturated rings. The van der Waals surface area contributed by atoms with E-state index in [1.165, 1.54) is 33.6 Å². The number of hydrogen-bond acceptors (Lipinski definition) is 0. The van der Waals surface area contributed by atoms with Crippen molar-refractivity contribution in [2.75, 3.05) is 0 Å². The molecule has 2 heteroatoms. The van der Waals surface area contributed by atoms with Crippen molar-refractivity contribution in [3.8, 4) is 16.8 Å². The van der Waals surface area contributed by atoms with Crippen LogP contribution in [0, 0.1) is 6.92 Å². The summed E-state index contributed by atoms with van der Waals surface area (Å²) in [6.45, 7) is 11.8. The number of rotatable bonds is 1. The van der Waals surface area contributed by atoms with Gasteiger partial charge in [0.2, 0.25) is 6.20 Å². The highest BCUT2D eigenvalue weighted by atomic mass is 15.4. The molecule has 0 amide bonds. The molecule has 0 spiro atoms. The molecule has 0 bridgehead atoms. The van der Waals surface area contributed by atoms with Crippen molar-refractivity contribution in [1.82, 2.24) is 4.68 Å². The maximum absolute atomic E-state index is 2.43. The summed E-state index contributed by atoms with van der Waals surface area (Å²) in [5, 5.41) is 0. The highest BCUT2D eigenvalue weighted by Crippen LogP contribution is 2.52. The molecule has 1 aliphatic heterocycles. The SMILES string of the molecule is Cc1cccc2c1-n1c(c(-c3ccccc3)c[n+]1C)C(C)(C)C2(C)C. The van der Waals surface area contributed by atoms with Gasteiger partial charge in [0.1, 0.15) is 11.4 Å². The van der Waals surface area contributed by atoms with Crippen molar-refractivity contribution in [2.24, 2.45) is 7.05 Å². The van der Waals surface area contributed by atoms with Gasteiger partial charge in [-0.2, -0.15) is 0 Å². The van der Waals surface area contributed by atoms with E-state index in [1.807, 2.05) is 0 Å². The molecule has 1 aromatic heterocycles. The first-order valence-corrected chi connectivity index (χ1v) is 9.05. The summed E-state index contributed by atoms with van der Waals surface area (Å²) in [6.07, 6.45) is 2.28. The van der Waals surface area contributed by atoms with Gasteiger partial charge < -0.3 is 0 Å². The van der Waals surface area contributed by atoms with Crippen LogP contribution in [0.25, 0.3) is 16.8 Å². The maximum Gasteiger partial charge on any atom is 0.203 e. The fourth-order valence-electron chi connectivity index (χ4n) is 4.35. The van der Waals surface area contributed by atoms with Gasteiger partial charge in [0.05, 0.1) is 5.56 Å². The van der Waals surface area contributed by atoms with Crippen molar-refractivity contribution in [1.29, 1.82) is 0 Å². The Hall–Kier alpha value is -2.35. The van der Waals surface area contributed by atoms with Crippen molar-refractivity contribution in [3.05, 3.63) is 71.5 Å². The van der Waals surface area contributed by atoms with E-state index < -0.39 is 0 Å². The number of benzene rings is 2. The van der Waals surface area contributed by atoms with E-state index in [4.69, 9.17) is 0 Å². The van der Waals surface area contributed by atoms with E-state index in [1.54, 1.807) is 0 Å². The molecule has 1 aliphatic rings. The lowest BCUT2D eigenvalue weighted by molar-refractivity contribution is -0.745. The summed E-state index contributed by atoms with van der Waals surface area (Å²) >= 11 is 0. The second-order valence-electron chi connectivity index (χ2n) is 8.36. The smallest absolute Gasteiger partial charge is 0.124 e. The molecule has 0 aliphatic carbocycles. The zero-order valence-electron chi connectivity index (χ0n) is 16.1. The molecule has 0 saturated heterocycles. The molecule has 3 aromatic rings. The number of nitrogens with zero attached hydrogens (tertiary/aromatic N) is 2. The monoisotopic (exact) mass is 331 g/mol.